The summed E-state index contributed by atoms with van der Waals surface area (Å²) in [4.78, 5) is 28.8. The van der Waals surface area contributed by atoms with E-state index in [-0.39, 0.29) is 23.6 Å². The summed E-state index contributed by atoms with van der Waals surface area (Å²) >= 11 is 13.7. The SMILES string of the molecule is CC[C@@H](C)NC(=O)[C@H](Cc1ccccc1)N(Cc1ccccc1)C(=O)CSCc1ccc(Cl)c(Cl)c1. The molecule has 0 aliphatic carbocycles. The maximum Gasteiger partial charge on any atom is 0.243 e. The van der Waals surface area contributed by atoms with E-state index in [1.807, 2.05) is 86.6 Å². The number of carbonyl (C=O) groups excluding carboxylic acids is 2. The standard InChI is InChI=1S/C29H32Cl2N2O2S/c1-3-21(2)32-29(35)27(17-22-10-6-4-7-11-22)33(18-23-12-8-5-9-13-23)28(34)20-36-19-24-14-15-25(30)26(31)16-24/h4-16,21,27H,3,17-20H2,1-2H3,(H,32,35)/t21-,27+/m1/s1. The number of benzene rings is 3. The van der Waals surface area contributed by atoms with E-state index in [9.17, 15) is 9.59 Å². The van der Waals surface area contributed by atoms with Gasteiger partial charge in [-0.05, 0) is 42.2 Å². The van der Waals surface area contributed by atoms with Crippen LogP contribution in [0, 0.1) is 0 Å². The minimum Gasteiger partial charge on any atom is -0.352 e. The summed E-state index contributed by atoms with van der Waals surface area (Å²) in [7, 11) is 0. The zero-order valence-corrected chi connectivity index (χ0v) is 23.0. The van der Waals surface area contributed by atoms with Crippen LogP contribution in [0.4, 0.5) is 0 Å². The van der Waals surface area contributed by atoms with Crippen LogP contribution in [0.1, 0.15) is 37.0 Å². The highest BCUT2D eigenvalue weighted by molar-refractivity contribution is 7.99. The normalized spacial score (nSPS) is 12.6. The van der Waals surface area contributed by atoms with Gasteiger partial charge in [-0.2, -0.15) is 0 Å². The molecule has 2 atom stereocenters. The average Bonchev–Trinajstić information content (AvgIpc) is 2.89. The second kappa shape index (κ2) is 14.3. The van der Waals surface area contributed by atoms with Gasteiger partial charge in [0.25, 0.3) is 0 Å². The molecule has 3 aromatic carbocycles. The fraction of sp³-hybridized carbons (Fsp3) is 0.310. The van der Waals surface area contributed by atoms with Crippen LogP contribution in [0.3, 0.4) is 0 Å². The van der Waals surface area contributed by atoms with Crippen LogP contribution in [0.2, 0.25) is 10.0 Å². The lowest BCUT2D eigenvalue weighted by molar-refractivity contribution is -0.139. The molecule has 0 fully saturated rings. The third kappa shape index (κ3) is 8.58. The molecule has 0 bridgehead atoms. The van der Waals surface area contributed by atoms with Crippen molar-refractivity contribution in [3.63, 3.8) is 0 Å². The van der Waals surface area contributed by atoms with Gasteiger partial charge in [0.15, 0.2) is 0 Å². The Bertz CT molecular complexity index is 1130. The van der Waals surface area contributed by atoms with Gasteiger partial charge in [0, 0.05) is 24.8 Å². The molecule has 3 rings (SSSR count). The molecule has 7 heteroatoms. The summed E-state index contributed by atoms with van der Waals surface area (Å²) in [5, 5.41) is 4.10. The minimum atomic E-state index is -0.625. The quantitative estimate of drug-likeness (QED) is 0.274. The molecule has 0 heterocycles. The number of nitrogens with one attached hydrogen (secondary N) is 1. The first-order valence-electron chi connectivity index (χ1n) is 12.1. The lowest BCUT2D eigenvalue weighted by atomic mass is 10.0. The molecule has 0 saturated heterocycles. The number of carbonyl (C=O) groups is 2. The molecule has 0 spiro atoms. The Balaban J connectivity index is 1.82. The van der Waals surface area contributed by atoms with Crippen LogP contribution in [0.15, 0.2) is 78.9 Å². The van der Waals surface area contributed by atoms with Gasteiger partial charge in [-0.25, -0.2) is 0 Å². The first-order valence-corrected chi connectivity index (χ1v) is 14.0. The van der Waals surface area contributed by atoms with Crippen molar-refractivity contribution in [1.82, 2.24) is 10.2 Å². The second-order valence-corrected chi connectivity index (χ2v) is 10.6. The molecule has 0 radical (unpaired) electrons. The molecule has 0 aliphatic heterocycles. The van der Waals surface area contributed by atoms with E-state index in [4.69, 9.17) is 23.2 Å². The molecule has 0 saturated carbocycles. The number of halogens is 2. The third-order valence-electron chi connectivity index (χ3n) is 5.95. The van der Waals surface area contributed by atoms with Crippen LogP contribution in [0.5, 0.6) is 0 Å². The maximum absolute atomic E-state index is 13.6. The molecule has 36 heavy (non-hydrogen) atoms. The lowest BCUT2D eigenvalue weighted by Gasteiger charge is -2.32. The summed E-state index contributed by atoms with van der Waals surface area (Å²) in [6, 6.07) is 24.5. The highest BCUT2D eigenvalue weighted by Gasteiger charge is 2.30. The smallest absolute Gasteiger partial charge is 0.243 e. The van der Waals surface area contributed by atoms with Gasteiger partial charge in [0.05, 0.1) is 15.8 Å². The van der Waals surface area contributed by atoms with Gasteiger partial charge in [0.1, 0.15) is 6.04 Å². The van der Waals surface area contributed by atoms with Crippen molar-refractivity contribution in [2.75, 3.05) is 5.75 Å². The summed E-state index contributed by atoms with van der Waals surface area (Å²) in [6.45, 7) is 4.37. The molecule has 190 valence electrons. The number of thioether (sulfide) groups is 1. The topological polar surface area (TPSA) is 49.4 Å². The Morgan fingerprint density at radius 2 is 1.53 bits per heavy atom. The highest BCUT2D eigenvalue weighted by Crippen LogP contribution is 2.25. The van der Waals surface area contributed by atoms with Crippen LogP contribution < -0.4 is 5.32 Å². The Labute approximate surface area is 228 Å². The summed E-state index contributed by atoms with van der Waals surface area (Å²) in [5.41, 5.74) is 2.98. The predicted octanol–water partition coefficient (Wildman–Crippen LogP) is 6.78. The number of rotatable bonds is 12. The molecule has 0 aromatic heterocycles. The zero-order chi connectivity index (χ0) is 25.9. The van der Waals surface area contributed by atoms with Gasteiger partial charge < -0.3 is 10.2 Å². The molecule has 0 aliphatic rings. The zero-order valence-electron chi connectivity index (χ0n) is 20.6. The van der Waals surface area contributed by atoms with Crippen molar-refractivity contribution in [3.8, 4) is 0 Å². The summed E-state index contributed by atoms with van der Waals surface area (Å²) in [5.74, 6) is 0.648. The summed E-state index contributed by atoms with van der Waals surface area (Å²) in [6.07, 6.45) is 1.26. The number of amides is 2. The molecule has 4 nitrogen and oxygen atoms in total. The monoisotopic (exact) mass is 542 g/mol. The fourth-order valence-electron chi connectivity index (χ4n) is 3.74. The Kier molecular flexibility index (Phi) is 11.2. The lowest BCUT2D eigenvalue weighted by Crippen LogP contribution is -2.52. The fourth-order valence-corrected chi connectivity index (χ4v) is 4.92. The van der Waals surface area contributed by atoms with E-state index >= 15 is 0 Å². The van der Waals surface area contributed by atoms with Gasteiger partial charge in [-0.3, -0.25) is 9.59 Å². The molecule has 2 amide bonds. The Morgan fingerprint density at radius 1 is 0.889 bits per heavy atom. The molecule has 3 aromatic rings. The van der Waals surface area contributed by atoms with Gasteiger partial charge in [0.2, 0.25) is 11.8 Å². The molecule has 0 unspecified atom stereocenters. The van der Waals surface area contributed by atoms with Crippen molar-refractivity contribution in [3.05, 3.63) is 106 Å². The van der Waals surface area contributed by atoms with Crippen molar-refractivity contribution >= 4 is 46.8 Å². The van der Waals surface area contributed by atoms with E-state index in [0.29, 0.717) is 28.8 Å². The van der Waals surface area contributed by atoms with Gasteiger partial charge >= 0.3 is 0 Å². The largest absolute Gasteiger partial charge is 0.352 e. The van der Waals surface area contributed by atoms with Crippen LogP contribution in [0.25, 0.3) is 0 Å². The highest BCUT2D eigenvalue weighted by atomic mass is 35.5. The van der Waals surface area contributed by atoms with E-state index in [2.05, 4.69) is 5.32 Å². The van der Waals surface area contributed by atoms with Gasteiger partial charge in [-0.1, -0.05) is 96.9 Å². The number of hydrogen-bond acceptors (Lipinski definition) is 3. The van der Waals surface area contributed by atoms with Crippen molar-refractivity contribution in [2.24, 2.45) is 0 Å². The number of hydrogen-bond donors (Lipinski definition) is 1. The van der Waals surface area contributed by atoms with Crippen molar-refractivity contribution < 1.29 is 9.59 Å². The summed E-state index contributed by atoms with van der Waals surface area (Å²) < 4.78 is 0. The van der Waals surface area contributed by atoms with E-state index < -0.39 is 6.04 Å². The van der Waals surface area contributed by atoms with Crippen molar-refractivity contribution in [1.29, 1.82) is 0 Å². The molecular weight excluding hydrogens is 511 g/mol. The van der Waals surface area contributed by atoms with E-state index in [1.54, 1.807) is 11.0 Å². The maximum atomic E-state index is 13.6. The third-order valence-corrected chi connectivity index (χ3v) is 7.67. The van der Waals surface area contributed by atoms with Crippen LogP contribution in [-0.4, -0.2) is 34.6 Å². The predicted molar refractivity (Wildman–Crippen MR) is 151 cm³/mol. The first-order chi connectivity index (χ1) is 17.4. The van der Waals surface area contributed by atoms with E-state index in [0.717, 1.165) is 23.1 Å². The van der Waals surface area contributed by atoms with E-state index in [1.165, 1.54) is 11.8 Å². The number of nitrogens with zero attached hydrogens (tertiary/aromatic N) is 1. The average molecular weight is 544 g/mol. The minimum absolute atomic E-state index is 0.0217. The molecule has 1 N–H and O–H groups in total. The second-order valence-electron chi connectivity index (χ2n) is 8.77. The first kappa shape index (κ1) is 28.1. The Morgan fingerprint density at radius 3 is 2.14 bits per heavy atom. The van der Waals surface area contributed by atoms with Crippen molar-refractivity contribution in [2.45, 2.75) is 51.1 Å². The Hall–Kier alpha value is -2.47. The van der Waals surface area contributed by atoms with Gasteiger partial charge in [-0.15, -0.1) is 11.8 Å². The van der Waals surface area contributed by atoms with Crippen LogP contribution >= 0.6 is 35.0 Å². The van der Waals surface area contributed by atoms with Crippen LogP contribution in [-0.2, 0) is 28.3 Å². The molecular formula is C29H32Cl2N2O2S.